The standard InChI is InChI=1S/C14H23NO3/c1-17-9-5-10-18-11-8-14(15,12-16)13-6-3-2-4-7-13/h2-4,6-7,16H,5,8-12,15H2,1H3. The van der Waals surface area contributed by atoms with E-state index in [9.17, 15) is 5.11 Å². The molecule has 0 aromatic heterocycles. The average Bonchev–Trinajstić information content (AvgIpc) is 2.43. The summed E-state index contributed by atoms with van der Waals surface area (Å²) >= 11 is 0. The highest BCUT2D eigenvalue weighted by molar-refractivity contribution is 5.23. The lowest BCUT2D eigenvalue weighted by atomic mass is 9.89. The minimum Gasteiger partial charge on any atom is -0.394 e. The Kier molecular flexibility index (Phi) is 6.90. The molecular weight excluding hydrogens is 230 g/mol. The van der Waals surface area contributed by atoms with Crippen LogP contribution in [0.5, 0.6) is 0 Å². The van der Waals surface area contributed by atoms with E-state index in [4.69, 9.17) is 15.2 Å². The van der Waals surface area contributed by atoms with Gasteiger partial charge in [0.25, 0.3) is 0 Å². The summed E-state index contributed by atoms with van der Waals surface area (Å²) in [5, 5.41) is 9.48. The van der Waals surface area contributed by atoms with E-state index in [2.05, 4.69) is 0 Å². The first-order chi connectivity index (χ1) is 8.73. The molecule has 1 unspecified atom stereocenters. The summed E-state index contributed by atoms with van der Waals surface area (Å²) in [6, 6.07) is 9.64. The third-order valence-electron chi connectivity index (χ3n) is 2.96. The van der Waals surface area contributed by atoms with Crippen LogP contribution in [0.25, 0.3) is 0 Å². The maximum absolute atomic E-state index is 9.48. The number of nitrogens with two attached hydrogens (primary N) is 1. The van der Waals surface area contributed by atoms with Gasteiger partial charge in [-0.2, -0.15) is 0 Å². The molecule has 0 radical (unpaired) electrons. The molecule has 0 aliphatic heterocycles. The molecule has 1 aromatic carbocycles. The third kappa shape index (κ3) is 4.74. The molecule has 0 fully saturated rings. The van der Waals surface area contributed by atoms with Crippen molar-refractivity contribution in [3.63, 3.8) is 0 Å². The second-order valence-electron chi connectivity index (χ2n) is 4.39. The molecule has 1 aromatic rings. The molecule has 0 amide bonds. The number of ether oxygens (including phenoxy) is 2. The minimum atomic E-state index is -0.720. The monoisotopic (exact) mass is 253 g/mol. The molecule has 0 heterocycles. The summed E-state index contributed by atoms with van der Waals surface area (Å²) in [7, 11) is 1.67. The minimum absolute atomic E-state index is 0.0849. The number of hydrogen-bond acceptors (Lipinski definition) is 4. The van der Waals surface area contributed by atoms with Crippen molar-refractivity contribution in [2.45, 2.75) is 18.4 Å². The molecule has 0 bridgehead atoms. The average molecular weight is 253 g/mol. The molecule has 102 valence electrons. The van der Waals surface area contributed by atoms with Crippen LogP contribution in [-0.2, 0) is 15.0 Å². The van der Waals surface area contributed by atoms with Crippen LogP contribution < -0.4 is 5.73 Å². The van der Waals surface area contributed by atoms with E-state index in [0.717, 1.165) is 12.0 Å². The highest BCUT2D eigenvalue weighted by atomic mass is 16.5. The lowest BCUT2D eigenvalue weighted by Crippen LogP contribution is -2.41. The maximum atomic E-state index is 9.48. The fourth-order valence-corrected chi connectivity index (χ4v) is 1.75. The van der Waals surface area contributed by atoms with E-state index in [0.29, 0.717) is 26.2 Å². The molecule has 4 heteroatoms. The molecule has 3 N–H and O–H groups in total. The number of benzene rings is 1. The van der Waals surface area contributed by atoms with Crippen LogP contribution in [0.15, 0.2) is 30.3 Å². The van der Waals surface area contributed by atoms with Gasteiger partial charge < -0.3 is 20.3 Å². The third-order valence-corrected chi connectivity index (χ3v) is 2.96. The van der Waals surface area contributed by atoms with Crippen molar-refractivity contribution in [3.8, 4) is 0 Å². The molecule has 1 atom stereocenters. The summed E-state index contributed by atoms with van der Waals surface area (Å²) < 4.78 is 10.4. The van der Waals surface area contributed by atoms with Crippen LogP contribution in [0.4, 0.5) is 0 Å². The molecule has 18 heavy (non-hydrogen) atoms. The highest BCUT2D eigenvalue weighted by Crippen LogP contribution is 2.21. The van der Waals surface area contributed by atoms with E-state index in [1.807, 2.05) is 30.3 Å². The number of methoxy groups -OCH3 is 1. The lowest BCUT2D eigenvalue weighted by Gasteiger charge is -2.27. The summed E-state index contributed by atoms with van der Waals surface area (Å²) in [4.78, 5) is 0. The van der Waals surface area contributed by atoms with E-state index in [1.54, 1.807) is 7.11 Å². The smallest absolute Gasteiger partial charge is 0.0666 e. The molecular formula is C14H23NO3. The van der Waals surface area contributed by atoms with Crippen molar-refractivity contribution in [2.75, 3.05) is 33.5 Å². The largest absolute Gasteiger partial charge is 0.394 e. The molecule has 0 saturated carbocycles. The zero-order valence-corrected chi connectivity index (χ0v) is 11.0. The Bertz CT molecular complexity index is 318. The predicted octanol–water partition coefficient (Wildman–Crippen LogP) is 1.28. The second kappa shape index (κ2) is 8.21. The van der Waals surface area contributed by atoms with Crippen LogP contribution in [-0.4, -0.2) is 38.6 Å². The van der Waals surface area contributed by atoms with E-state index in [1.165, 1.54) is 0 Å². The molecule has 1 rings (SSSR count). The number of aliphatic hydroxyl groups is 1. The van der Waals surface area contributed by atoms with Crippen LogP contribution in [0.3, 0.4) is 0 Å². The van der Waals surface area contributed by atoms with Gasteiger partial charge >= 0.3 is 0 Å². The normalized spacial score (nSPS) is 14.4. The highest BCUT2D eigenvalue weighted by Gasteiger charge is 2.25. The van der Waals surface area contributed by atoms with Crippen molar-refractivity contribution in [2.24, 2.45) is 5.73 Å². The Labute approximate surface area is 109 Å². The molecule has 0 spiro atoms. The van der Waals surface area contributed by atoms with Crippen molar-refractivity contribution in [1.29, 1.82) is 0 Å². The molecule has 0 aliphatic rings. The van der Waals surface area contributed by atoms with Crippen molar-refractivity contribution in [3.05, 3.63) is 35.9 Å². The van der Waals surface area contributed by atoms with Gasteiger partial charge in [0.15, 0.2) is 0 Å². The summed E-state index contributed by atoms with van der Waals surface area (Å²) in [5.74, 6) is 0. The summed E-state index contributed by atoms with van der Waals surface area (Å²) in [5.41, 5.74) is 6.42. The van der Waals surface area contributed by atoms with Gasteiger partial charge in [-0.1, -0.05) is 30.3 Å². The van der Waals surface area contributed by atoms with Crippen LogP contribution in [0.2, 0.25) is 0 Å². The van der Waals surface area contributed by atoms with E-state index < -0.39 is 5.54 Å². The molecule has 0 saturated heterocycles. The van der Waals surface area contributed by atoms with Gasteiger partial charge in [0.1, 0.15) is 0 Å². The molecule has 0 aliphatic carbocycles. The Morgan fingerprint density at radius 3 is 2.50 bits per heavy atom. The van der Waals surface area contributed by atoms with Crippen LogP contribution in [0, 0.1) is 0 Å². The van der Waals surface area contributed by atoms with Gasteiger partial charge in [-0.05, 0) is 18.4 Å². The Morgan fingerprint density at radius 1 is 1.17 bits per heavy atom. The van der Waals surface area contributed by atoms with E-state index >= 15 is 0 Å². The zero-order chi connectivity index (χ0) is 13.3. The quantitative estimate of drug-likeness (QED) is 0.651. The topological polar surface area (TPSA) is 64.7 Å². The van der Waals surface area contributed by atoms with Crippen LogP contribution in [0.1, 0.15) is 18.4 Å². The zero-order valence-electron chi connectivity index (χ0n) is 11.0. The fraction of sp³-hybridized carbons (Fsp3) is 0.571. The number of rotatable bonds is 9. The maximum Gasteiger partial charge on any atom is 0.0666 e. The Morgan fingerprint density at radius 2 is 1.89 bits per heavy atom. The first kappa shape index (κ1) is 15.1. The first-order valence-corrected chi connectivity index (χ1v) is 6.25. The van der Waals surface area contributed by atoms with Gasteiger partial charge in [-0.15, -0.1) is 0 Å². The Balaban J connectivity index is 2.37. The Hall–Kier alpha value is -0.940. The van der Waals surface area contributed by atoms with E-state index in [-0.39, 0.29) is 6.61 Å². The fourth-order valence-electron chi connectivity index (χ4n) is 1.75. The lowest BCUT2D eigenvalue weighted by molar-refractivity contribution is 0.0779. The molecule has 4 nitrogen and oxygen atoms in total. The van der Waals surface area contributed by atoms with Crippen molar-refractivity contribution in [1.82, 2.24) is 0 Å². The summed E-state index contributed by atoms with van der Waals surface area (Å²) in [6.07, 6.45) is 1.47. The van der Waals surface area contributed by atoms with Crippen molar-refractivity contribution < 1.29 is 14.6 Å². The van der Waals surface area contributed by atoms with Gasteiger partial charge in [0.2, 0.25) is 0 Å². The van der Waals surface area contributed by atoms with Gasteiger partial charge in [0.05, 0.1) is 12.1 Å². The van der Waals surface area contributed by atoms with Crippen molar-refractivity contribution >= 4 is 0 Å². The van der Waals surface area contributed by atoms with Gasteiger partial charge in [-0.3, -0.25) is 0 Å². The second-order valence-corrected chi connectivity index (χ2v) is 4.39. The number of aliphatic hydroxyl groups excluding tert-OH is 1. The summed E-state index contributed by atoms with van der Waals surface area (Å²) in [6.45, 7) is 1.81. The van der Waals surface area contributed by atoms with Gasteiger partial charge in [-0.25, -0.2) is 0 Å². The van der Waals surface area contributed by atoms with Crippen LogP contribution >= 0.6 is 0 Å². The first-order valence-electron chi connectivity index (χ1n) is 6.25. The SMILES string of the molecule is COCCCOCCC(N)(CO)c1ccccc1. The predicted molar refractivity (Wildman–Crippen MR) is 71.3 cm³/mol. The number of hydrogen-bond donors (Lipinski definition) is 2. The van der Waals surface area contributed by atoms with Gasteiger partial charge in [0, 0.05) is 26.9 Å².